The van der Waals surface area contributed by atoms with Gasteiger partial charge in [-0.25, -0.2) is 9.59 Å². The fourth-order valence-corrected chi connectivity index (χ4v) is 4.65. The SMILES string of the molecule is O=C(O)[C@H](OCc1ccccc1)[C@H](/C=C/c1ccccc1)[C@@H](/C=C/c1ccccc1)[C@@H](OCc1ccccc1)C(=O)O. The molecule has 0 aromatic heterocycles. The van der Waals surface area contributed by atoms with Crippen molar-refractivity contribution < 1.29 is 29.3 Å². The summed E-state index contributed by atoms with van der Waals surface area (Å²) >= 11 is 0. The van der Waals surface area contributed by atoms with Crippen LogP contribution in [0.4, 0.5) is 0 Å². The van der Waals surface area contributed by atoms with E-state index in [1.54, 1.807) is 24.3 Å². The summed E-state index contributed by atoms with van der Waals surface area (Å²) in [6.07, 6.45) is 4.32. The lowest BCUT2D eigenvalue weighted by atomic mass is 9.81. The Morgan fingerprint density at radius 1 is 0.524 bits per heavy atom. The topological polar surface area (TPSA) is 93.1 Å². The lowest BCUT2D eigenvalue weighted by Gasteiger charge is -2.31. The van der Waals surface area contributed by atoms with Crippen molar-refractivity contribution in [1.82, 2.24) is 0 Å². The Balaban J connectivity index is 1.76. The first-order valence-electron chi connectivity index (χ1n) is 13.7. The third-order valence-corrected chi connectivity index (χ3v) is 6.80. The molecule has 0 spiro atoms. The molecule has 0 fully saturated rings. The van der Waals surface area contributed by atoms with E-state index in [1.807, 2.05) is 121 Å². The first-order chi connectivity index (χ1) is 20.5. The van der Waals surface area contributed by atoms with Crippen molar-refractivity contribution in [1.29, 1.82) is 0 Å². The van der Waals surface area contributed by atoms with E-state index in [0.29, 0.717) is 0 Å². The minimum Gasteiger partial charge on any atom is -0.479 e. The van der Waals surface area contributed by atoms with Crippen molar-refractivity contribution in [2.24, 2.45) is 11.8 Å². The van der Waals surface area contributed by atoms with Gasteiger partial charge in [0.15, 0.2) is 12.2 Å². The van der Waals surface area contributed by atoms with Gasteiger partial charge in [0.1, 0.15) is 0 Å². The van der Waals surface area contributed by atoms with Gasteiger partial charge < -0.3 is 19.7 Å². The van der Waals surface area contributed by atoms with Crippen molar-refractivity contribution in [2.45, 2.75) is 25.4 Å². The van der Waals surface area contributed by atoms with Crippen LogP contribution in [0.1, 0.15) is 22.3 Å². The molecule has 4 aromatic carbocycles. The molecule has 0 bridgehead atoms. The molecule has 214 valence electrons. The van der Waals surface area contributed by atoms with Gasteiger partial charge in [-0.05, 0) is 22.3 Å². The van der Waals surface area contributed by atoms with Gasteiger partial charge >= 0.3 is 11.9 Å². The van der Waals surface area contributed by atoms with E-state index in [4.69, 9.17) is 9.47 Å². The number of carbonyl (C=O) groups is 2. The third kappa shape index (κ3) is 9.13. The van der Waals surface area contributed by atoms with Crippen LogP contribution in [0.2, 0.25) is 0 Å². The molecule has 0 aliphatic rings. The second-order valence-corrected chi connectivity index (χ2v) is 9.81. The van der Waals surface area contributed by atoms with E-state index >= 15 is 0 Å². The summed E-state index contributed by atoms with van der Waals surface area (Å²) in [7, 11) is 0. The number of hydrogen-bond acceptors (Lipinski definition) is 4. The molecule has 6 nitrogen and oxygen atoms in total. The third-order valence-electron chi connectivity index (χ3n) is 6.80. The zero-order valence-electron chi connectivity index (χ0n) is 23.1. The Bertz CT molecular complexity index is 1320. The van der Waals surface area contributed by atoms with Gasteiger partial charge in [-0.3, -0.25) is 0 Å². The molecule has 0 aliphatic heterocycles. The number of rotatable bonds is 15. The van der Waals surface area contributed by atoms with E-state index < -0.39 is 36.0 Å². The van der Waals surface area contributed by atoms with Crippen LogP contribution in [0.25, 0.3) is 12.2 Å². The zero-order chi connectivity index (χ0) is 29.6. The van der Waals surface area contributed by atoms with Crippen LogP contribution < -0.4 is 0 Å². The molecule has 4 atom stereocenters. The van der Waals surface area contributed by atoms with Gasteiger partial charge in [0.25, 0.3) is 0 Å². The monoisotopic (exact) mass is 562 g/mol. The maximum Gasteiger partial charge on any atom is 0.333 e. The quantitative estimate of drug-likeness (QED) is 0.162. The Labute approximate surface area is 246 Å². The van der Waals surface area contributed by atoms with Gasteiger partial charge in [0.2, 0.25) is 0 Å². The van der Waals surface area contributed by atoms with Crippen LogP contribution in [0.3, 0.4) is 0 Å². The lowest BCUT2D eigenvalue weighted by molar-refractivity contribution is -0.163. The summed E-state index contributed by atoms with van der Waals surface area (Å²) in [4.78, 5) is 25.5. The first kappa shape index (κ1) is 30.2. The van der Waals surface area contributed by atoms with Gasteiger partial charge in [-0.1, -0.05) is 146 Å². The summed E-state index contributed by atoms with van der Waals surface area (Å²) in [5.41, 5.74) is 3.30. The van der Waals surface area contributed by atoms with Crippen molar-refractivity contribution >= 4 is 24.1 Å². The zero-order valence-corrected chi connectivity index (χ0v) is 23.1. The van der Waals surface area contributed by atoms with Gasteiger partial charge in [0.05, 0.1) is 13.2 Å². The van der Waals surface area contributed by atoms with E-state index in [-0.39, 0.29) is 13.2 Å². The maximum absolute atomic E-state index is 12.8. The highest BCUT2D eigenvalue weighted by molar-refractivity contribution is 5.76. The molecule has 4 aromatic rings. The van der Waals surface area contributed by atoms with Crippen LogP contribution in [0.5, 0.6) is 0 Å². The molecule has 0 heterocycles. The van der Waals surface area contributed by atoms with E-state index in [2.05, 4.69) is 0 Å². The van der Waals surface area contributed by atoms with Gasteiger partial charge in [-0.2, -0.15) is 0 Å². The van der Waals surface area contributed by atoms with Crippen LogP contribution >= 0.6 is 0 Å². The second kappa shape index (κ2) is 15.9. The number of hydrogen-bond donors (Lipinski definition) is 2. The highest BCUT2D eigenvalue weighted by atomic mass is 16.5. The van der Waals surface area contributed by atoms with Crippen LogP contribution in [-0.2, 0) is 32.3 Å². The van der Waals surface area contributed by atoms with E-state index in [0.717, 1.165) is 22.3 Å². The normalized spacial score (nSPS) is 14.4. The van der Waals surface area contributed by atoms with Crippen molar-refractivity contribution in [3.05, 3.63) is 156 Å². The number of carboxylic acids is 2. The molecular formula is C36H34O6. The molecule has 0 amide bonds. The predicted molar refractivity (Wildman–Crippen MR) is 163 cm³/mol. The molecule has 4 rings (SSSR count). The Morgan fingerprint density at radius 3 is 1.14 bits per heavy atom. The molecule has 0 saturated heterocycles. The first-order valence-corrected chi connectivity index (χ1v) is 13.7. The van der Waals surface area contributed by atoms with Crippen LogP contribution in [0.15, 0.2) is 133 Å². The minimum atomic E-state index is -1.36. The van der Waals surface area contributed by atoms with Gasteiger partial charge in [0, 0.05) is 11.8 Å². The number of aliphatic carboxylic acids is 2. The molecule has 6 heteroatoms. The van der Waals surface area contributed by atoms with Gasteiger partial charge in [-0.15, -0.1) is 0 Å². The lowest BCUT2D eigenvalue weighted by Crippen LogP contribution is -2.43. The molecule has 2 N–H and O–H groups in total. The highest BCUT2D eigenvalue weighted by Crippen LogP contribution is 2.30. The summed E-state index contributed by atoms with van der Waals surface area (Å²) in [5.74, 6) is -4.19. The standard InChI is InChI=1S/C36H34O6/c37-35(38)33(41-25-29-17-9-3-10-18-29)31(23-21-27-13-5-1-6-14-27)32(24-22-28-15-7-2-8-16-28)34(36(39)40)42-26-30-19-11-4-12-20-30/h1-24,31-34H,25-26H2,(H,37,38)(H,39,40)/b23-21+,24-22+/t31-,32-,33-,34-/m1/s1. The summed E-state index contributed by atoms with van der Waals surface area (Å²) in [5, 5.41) is 20.8. The summed E-state index contributed by atoms with van der Waals surface area (Å²) < 4.78 is 12.1. The molecule has 0 unspecified atom stereocenters. The average Bonchev–Trinajstić information content (AvgIpc) is 3.02. The van der Waals surface area contributed by atoms with Crippen LogP contribution in [-0.4, -0.2) is 34.4 Å². The highest BCUT2D eigenvalue weighted by Gasteiger charge is 2.40. The minimum absolute atomic E-state index is 0.0468. The Kier molecular flexibility index (Phi) is 11.4. The van der Waals surface area contributed by atoms with E-state index in [9.17, 15) is 19.8 Å². The fourth-order valence-electron chi connectivity index (χ4n) is 4.65. The number of ether oxygens (including phenoxy) is 2. The Morgan fingerprint density at radius 2 is 0.833 bits per heavy atom. The van der Waals surface area contributed by atoms with Crippen molar-refractivity contribution in [2.75, 3.05) is 0 Å². The largest absolute Gasteiger partial charge is 0.479 e. The number of benzene rings is 4. The average molecular weight is 563 g/mol. The molecule has 0 saturated carbocycles. The number of carboxylic acid groups (broad SMARTS) is 2. The smallest absolute Gasteiger partial charge is 0.333 e. The Hall–Kier alpha value is -4.78. The second-order valence-electron chi connectivity index (χ2n) is 9.81. The summed E-state index contributed by atoms with van der Waals surface area (Å²) in [6, 6.07) is 37.4. The fraction of sp³-hybridized carbons (Fsp3) is 0.167. The molecule has 0 aliphatic carbocycles. The maximum atomic E-state index is 12.8. The molecule has 42 heavy (non-hydrogen) atoms. The van der Waals surface area contributed by atoms with E-state index in [1.165, 1.54) is 0 Å². The summed E-state index contributed by atoms with van der Waals surface area (Å²) in [6.45, 7) is 0.0937. The molecular weight excluding hydrogens is 528 g/mol. The van der Waals surface area contributed by atoms with Crippen LogP contribution in [0, 0.1) is 11.8 Å². The predicted octanol–water partition coefficient (Wildman–Crippen LogP) is 6.99. The molecule has 0 radical (unpaired) electrons. The van der Waals surface area contributed by atoms with Crippen molar-refractivity contribution in [3.8, 4) is 0 Å². The van der Waals surface area contributed by atoms with Crippen molar-refractivity contribution in [3.63, 3.8) is 0 Å².